The number of carbonyl (C=O) groups is 1. The van der Waals surface area contributed by atoms with E-state index < -0.39 is 0 Å². The Kier molecular flexibility index (Phi) is 4.55. The van der Waals surface area contributed by atoms with Crippen LogP contribution in [0.2, 0.25) is 0 Å². The van der Waals surface area contributed by atoms with Crippen molar-refractivity contribution in [1.82, 2.24) is 14.5 Å². The van der Waals surface area contributed by atoms with E-state index in [0.717, 1.165) is 44.8 Å². The van der Waals surface area contributed by atoms with Crippen LogP contribution in [0.5, 0.6) is 0 Å². The molecule has 0 bridgehead atoms. The molecule has 2 heterocycles. The van der Waals surface area contributed by atoms with Gasteiger partial charge in [0.25, 0.3) is 0 Å². The van der Waals surface area contributed by atoms with Crippen molar-refractivity contribution in [2.75, 3.05) is 13.1 Å². The van der Waals surface area contributed by atoms with E-state index in [4.69, 9.17) is 0 Å². The third kappa shape index (κ3) is 3.53. The van der Waals surface area contributed by atoms with Gasteiger partial charge in [-0.15, -0.1) is 0 Å². The van der Waals surface area contributed by atoms with Gasteiger partial charge >= 0.3 is 0 Å². The van der Waals surface area contributed by atoms with Gasteiger partial charge in [-0.05, 0) is 44.4 Å². The Balaban J connectivity index is 1.55. The second-order valence-electron chi connectivity index (χ2n) is 7.50. The van der Waals surface area contributed by atoms with Crippen LogP contribution >= 0.6 is 0 Å². The molecule has 0 spiro atoms. The van der Waals surface area contributed by atoms with Gasteiger partial charge in [-0.3, -0.25) is 4.79 Å². The van der Waals surface area contributed by atoms with E-state index >= 15 is 0 Å². The number of likely N-dealkylation sites (tertiary alicyclic amines) is 1. The fraction of sp³-hybridized carbons (Fsp3) is 0.778. The third-order valence-electron chi connectivity index (χ3n) is 5.17. The van der Waals surface area contributed by atoms with Gasteiger partial charge in [0.2, 0.25) is 5.91 Å². The van der Waals surface area contributed by atoms with Gasteiger partial charge < -0.3 is 9.47 Å². The highest BCUT2D eigenvalue weighted by molar-refractivity contribution is 5.78. The molecule has 4 heteroatoms. The molecule has 0 aromatic carbocycles. The number of hydrogen-bond acceptors (Lipinski definition) is 2. The van der Waals surface area contributed by atoms with E-state index in [2.05, 4.69) is 16.5 Å². The summed E-state index contributed by atoms with van der Waals surface area (Å²) in [4.78, 5) is 18.8. The molecule has 3 rings (SSSR count). The lowest BCUT2D eigenvalue weighted by atomic mass is 9.92. The Morgan fingerprint density at radius 2 is 1.91 bits per heavy atom. The van der Waals surface area contributed by atoms with Gasteiger partial charge in [-0.1, -0.05) is 13.8 Å². The molecule has 1 aromatic rings. The van der Waals surface area contributed by atoms with Crippen molar-refractivity contribution in [2.24, 2.45) is 17.8 Å². The molecule has 1 saturated carbocycles. The first kappa shape index (κ1) is 15.6. The van der Waals surface area contributed by atoms with Crippen molar-refractivity contribution in [1.29, 1.82) is 0 Å². The van der Waals surface area contributed by atoms with Gasteiger partial charge in [-0.2, -0.15) is 0 Å². The summed E-state index contributed by atoms with van der Waals surface area (Å²) in [5, 5.41) is 0. The zero-order chi connectivity index (χ0) is 15.7. The second kappa shape index (κ2) is 6.43. The summed E-state index contributed by atoms with van der Waals surface area (Å²) < 4.78 is 2.43. The number of nitrogens with zero attached hydrogens (tertiary/aromatic N) is 3. The van der Waals surface area contributed by atoms with E-state index in [1.165, 1.54) is 24.4 Å². The van der Waals surface area contributed by atoms with E-state index in [9.17, 15) is 4.79 Å². The molecule has 0 N–H and O–H groups in total. The summed E-state index contributed by atoms with van der Waals surface area (Å²) in [6, 6.07) is 0. The minimum atomic E-state index is 0.122. The predicted molar refractivity (Wildman–Crippen MR) is 87.5 cm³/mol. The number of amides is 1. The Hall–Kier alpha value is -1.32. The van der Waals surface area contributed by atoms with Crippen molar-refractivity contribution in [2.45, 2.75) is 59.4 Å². The average Bonchev–Trinajstić information content (AvgIpc) is 3.26. The maximum absolute atomic E-state index is 12.1. The highest BCUT2D eigenvalue weighted by Crippen LogP contribution is 2.32. The first-order chi connectivity index (χ1) is 10.5. The van der Waals surface area contributed by atoms with Crippen LogP contribution in [0.4, 0.5) is 0 Å². The van der Waals surface area contributed by atoms with E-state index in [-0.39, 0.29) is 5.92 Å². The van der Waals surface area contributed by atoms with Gasteiger partial charge in [-0.25, -0.2) is 4.98 Å². The molecule has 2 fully saturated rings. The van der Waals surface area contributed by atoms with Crippen LogP contribution in [0, 0.1) is 24.7 Å². The molecule has 0 unspecified atom stereocenters. The zero-order valence-electron chi connectivity index (χ0n) is 14.2. The standard InChI is InChI=1S/C18H29N3O/c1-13(2)18(22)20-8-6-15(7-9-20)10-17-19-11-14(3)21(17)12-16-4-5-16/h11,13,15-16H,4-10,12H2,1-3H3. The smallest absolute Gasteiger partial charge is 0.225 e. The summed E-state index contributed by atoms with van der Waals surface area (Å²) in [6.07, 6.45) is 8.10. The van der Waals surface area contributed by atoms with Crippen molar-refractivity contribution >= 4 is 5.91 Å². The van der Waals surface area contributed by atoms with Gasteiger partial charge in [0.1, 0.15) is 5.82 Å². The van der Waals surface area contributed by atoms with Crippen LogP contribution in [-0.4, -0.2) is 33.4 Å². The molecule has 0 atom stereocenters. The predicted octanol–water partition coefficient (Wildman–Crippen LogP) is 3.04. The van der Waals surface area contributed by atoms with E-state index in [1.807, 2.05) is 24.9 Å². The molecule has 4 nitrogen and oxygen atoms in total. The Bertz CT molecular complexity index is 522. The van der Waals surface area contributed by atoms with Crippen molar-refractivity contribution in [3.05, 3.63) is 17.7 Å². The average molecular weight is 303 g/mol. The molecule has 1 aromatic heterocycles. The van der Waals surface area contributed by atoms with Crippen LogP contribution < -0.4 is 0 Å². The zero-order valence-corrected chi connectivity index (χ0v) is 14.2. The van der Waals surface area contributed by atoms with Gasteiger partial charge in [0, 0.05) is 43.9 Å². The lowest BCUT2D eigenvalue weighted by Crippen LogP contribution is -2.41. The van der Waals surface area contributed by atoms with Gasteiger partial charge in [0.15, 0.2) is 0 Å². The Morgan fingerprint density at radius 3 is 2.50 bits per heavy atom. The fourth-order valence-electron chi connectivity index (χ4n) is 3.46. The highest BCUT2D eigenvalue weighted by atomic mass is 16.2. The maximum atomic E-state index is 12.1. The fourth-order valence-corrected chi connectivity index (χ4v) is 3.46. The maximum Gasteiger partial charge on any atom is 0.225 e. The molecule has 122 valence electrons. The summed E-state index contributed by atoms with van der Waals surface area (Å²) in [5.41, 5.74) is 1.30. The highest BCUT2D eigenvalue weighted by Gasteiger charge is 2.27. The lowest BCUT2D eigenvalue weighted by Gasteiger charge is -2.33. The van der Waals surface area contributed by atoms with E-state index in [1.54, 1.807) is 0 Å². The molecule has 0 radical (unpaired) electrons. The first-order valence-electron chi connectivity index (χ1n) is 8.84. The second-order valence-corrected chi connectivity index (χ2v) is 7.50. The van der Waals surface area contributed by atoms with Crippen LogP contribution in [-0.2, 0) is 17.8 Å². The van der Waals surface area contributed by atoms with Crippen molar-refractivity contribution in [3.8, 4) is 0 Å². The molecule has 22 heavy (non-hydrogen) atoms. The van der Waals surface area contributed by atoms with E-state index in [0.29, 0.717) is 11.8 Å². The normalized spacial score (nSPS) is 19.9. The SMILES string of the molecule is Cc1cnc(CC2CCN(C(=O)C(C)C)CC2)n1CC1CC1. The first-order valence-corrected chi connectivity index (χ1v) is 8.84. The molecule has 1 saturated heterocycles. The topological polar surface area (TPSA) is 38.1 Å². The number of carbonyl (C=O) groups excluding carboxylic acids is 1. The monoisotopic (exact) mass is 303 g/mol. The van der Waals surface area contributed by atoms with Crippen molar-refractivity contribution < 1.29 is 4.79 Å². The van der Waals surface area contributed by atoms with Crippen LogP contribution in [0.3, 0.4) is 0 Å². The molecule has 1 aliphatic carbocycles. The van der Waals surface area contributed by atoms with Gasteiger partial charge in [0.05, 0.1) is 0 Å². The van der Waals surface area contributed by atoms with Crippen LogP contribution in [0.25, 0.3) is 0 Å². The van der Waals surface area contributed by atoms with Crippen molar-refractivity contribution in [3.63, 3.8) is 0 Å². The quantitative estimate of drug-likeness (QED) is 0.838. The third-order valence-corrected chi connectivity index (χ3v) is 5.17. The molecule has 1 aliphatic heterocycles. The molecular formula is C18H29N3O. The van der Waals surface area contributed by atoms with Crippen LogP contribution in [0.15, 0.2) is 6.20 Å². The number of rotatable bonds is 5. The Labute approximate surface area is 133 Å². The number of piperidine rings is 1. The summed E-state index contributed by atoms with van der Waals surface area (Å²) in [5.74, 6) is 3.26. The summed E-state index contributed by atoms with van der Waals surface area (Å²) >= 11 is 0. The molecular weight excluding hydrogens is 274 g/mol. The number of aryl methyl sites for hydroxylation is 1. The minimum Gasteiger partial charge on any atom is -0.342 e. The summed E-state index contributed by atoms with van der Waals surface area (Å²) in [6.45, 7) is 9.15. The summed E-state index contributed by atoms with van der Waals surface area (Å²) in [7, 11) is 0. The number of hydrogen-bond donors (Lipinski definition) is 0. The largest absolute Gasteiger partial charge is 0.342 e. The minimum absolute atomic E-state index is 0.122. The number of imidazole rings is 1. The lowest BCUT2D eigenvalue weighted by molar-refractivity contribution is -0.135. The van der Waals surface area contributed by atoms with Crippen LogP contribution in [0.1, 0.15) is 51.0 Å². The molecule has 1 amide bonds. The number of aromatic nitrogens is 2. The molecule has 2 aliphatic rings. The Morgan fingerprint density at radius 1 is 1.23 bits per heavy atom.